The summed E-state index contributed by atoms with van der Waals surface area (Å²) in [7, 11) is -2.73. The molecular weight excluding hydrogens is 430 g/mol. The summed E-state index contributed by atoms with van der Waals surface area (Å²) in [6, 6.07) is 7.01. The Hall–Kier alpha value is -2.43. The first kappa shape index (κ1) is 19.9. The smallest absolute Gasteiger partial charge is 0.278 e. The molecule has 0 radical (unpaired) electrons. The number of aliphatic hydroxyl groups is 1. The number of thiazole rings is 1. The second kappa shape index (κ2) is 6.54. The van der Waals surface area contributed by atoms with Crippen molar-refractivity contribution in [2.75, 3.05) is 12.4 Å². The van der Waals surface area contributed by atoms with E-state index in [0.717, 1.165) is 26.0 Å². The number of rotatable bonds is 2. The lowest BCUT2D eigenvalue weighted by Gasteiger charge is -2.26. The molecule has 1 amide bonds. The first-order chi connectivity index (χ1) is 13.5. The van der Waals surface area contributed by atoms with Crippen molar-refractivity contribution in [1.82, 2.24) is 9.29 Å². The van der Waals surface area contributed by atoms with E-state index in [1.54, 1.807) is 24.3 Å². The van der Waals surface area contributed by atoms with Gasteiger partial charge in [-0.15, -0.1) is 22.7 Å². The van der Waals surface area contributed by atoms with Gasteiger partial charge in [-0.2, -0.15) is 0 Å². The van der Waals surface area contributed by atoms with E-state index in [0.29, 0.717) is 10.5 Å². The van der Waals surface area contributed by atoms with Gasteiger partial charge in [-0.1, -0.05) is 39.0 Å². The Balaban J connectivity index is 1.79. The van der Waals surface area contributed by atoms with Gasteiger partial charge in [-0.05, 0) is 6.07 Å². The van der Waals surface area contributed by atoms with Gasteiger partial charge in [0.2, 0.25) is 0 Å². The van der Waals surface area contributed by atoms with Crippen molar-refractivity contribution in [2.45, 2.75) is 31.1 Å². The van der Waals surface area contributed by atoms with Crippen LogP contribution >= 0.6 is 22.7 Å². The maximum atomic E-state index is 13.1. The molecule has 3 aromatic rings. The van der Waals surface area contributed by atoms with Gasteiger partial charge >= 0.3 is 0 Å². The van der Waals surface area contributed by atoms with Gasteiger partial charge in [0.05, 0.1) is 10.6 Å². The fraction of sp³-hybridized carbons (Fsp3) is 0.263. The van der Waals surface area contributed by atoms with E-state index in [9.17, 15) is 18.3 Å². The number of hydrogen-bond donors (Lipinski definition) is 2. The minimum atomic E-state index is -3.99. The highest BCUT2D eigenvalue weighted by atomic mass is 32.2. The summed E-state index contributed by atoms with van der Waals surface area (Å²) in [6.45, 7) is 6.02. The highest BCUT2D eigenvalue weighted by Gasteiger charge is 2.41. The third kappa shape index (κ3) is 3.11. The number of benzene rings is 1. The lowest BCUT2D eigenvalue weighted by molar-refractivity contribution is -0.113. The summed E-state index contributed by atoms with van der Waals surface area (Å²) in [5.41, 5.74) is 0.307. The zero-order chi connectivity index (χ0) is 21.1. The molecule has 2 N–H and O–H groups in total. The molecule has 0 saturated carbocycles. The molecule has 1 aromatic carbocycles. The van der Waals surface area contributed by atoms with Gasteiger partial charge in [0.15, 0.2) is 16.6 Å². The molecule has 0 aliphatic carbocycles. The maximum absolute atomic E-state index is 13.1. The van der Waals surface area contributed by atoms with Gasteiger partial charge in [-0.3, -0.25) is 14.4 Å². The molecule has 0 bridgehead atoms. The van der Waals surface area contributed by atoms with Crippen LogP contribution in [-0.4, -0.2) is 35.8 Å². The van der Waals surface area contributed by atoms with E-state index in [4.69, 9.17) is 0 Å². The van der Waals surface area contributed by atoms with E-state index in [1.165, 1.54) is 18.4 Å². The molecule has 0 spiro atoms. The number of aromatic nitrogens is 1. The predicted molar refractivity (Wildman–Crippen MR) is 116 cm³/mol. The average molecular weight is 450 g/mol. The summed E-state index contributed by atoms with van der Waals surface area (Å²) in [5, 5.41) is 16.1. The number of nitrogens with zero attached hydrogens (tertiary/aromatic N) is 2. The van der Waals surface area contributed by atoms with E-state index in [2.05, 4.69) is 10.3 Å². The van der Waals surface area contributed by atoms with Crippen LogP contribution < -0.4 is 5.32 Å². The lowest BCUT2D eigenvalue weighted by atomic mass is 9.93. The first-order valence-corrected chi connectivity index (χ1v) is 11.9. The van der Waals surface area contributed by atoms with E-state index >= 15 is 0 Å². The number of fused-ring (bicyclic) bond motifs is 3. The number of amides is 1. The molecule has 1 aliphatic heterocycles. The summed E-state index contributed by atoms with van der Waals surface area (Å²) in [4.78, 5) is 17.5. The minimum absolute atomic E-state index is 0.0268. The van der Waals surface area contributed by atoms with Crippen LogP contribution in [0.4, 0.5) is 5.13 Å². The lowest BCUT2D eigenvalue weighted by Crippen LogP contribution is -2.36. The quantitative estimate of drug-likeness (QED) is 0.612. The van der Waals surface area contributed by atoms with Crippen molar-refractivity contribution < 1.29 is 18.3 Å². The first-order valence-electron chi connectivity index (χ1n) is 8.73. The van der Waals surface area contributed by atoms with Gasteiger partial charge in [0, 0.05) is 27.9 Å². The molecule has 0 unspecified atom stereocenters. The molecular formula is C19H19N3O4S3. The molecule has 0 saturated heterocycles. The summed E-state index contributed by atoms with van der Waals surface area (Å²) in [5.74, 6) is -1.09. The van der Waals surface area contributed by atoms with Gasteiger partial charge < -0.3 is 5.11 Å². The van der Waals surface area contributed by atoms with Gasteiger partial charge in [-0.25, -0.2) is 13.4 Å². The number of carbonyl (C=O) groups is 1. The van der Waals surface area contributed by atoms with Crippen LogP contribution in [-0.2, 0) is 20.2 Å². The molecule has 29 heavy (non-hydrogen) atoms. The van der Waals surface area contributed by atoms with Crippen molar-refractivity contribution in [1.29, 1.82) is 0 Å². The number of likely N-dealkylation sites (N-methyl/N-ethyl adjacent to an activating group) is 1. The van der Waals surface area contributed by atoms with Crippen molar-refractivity contribution in [3.05, 3.63) is 45.9 Å². The predicted octanol–water partition coefficient (Wildman–Crippen LogP) is 4.15. The normalized spacial score (nSPS) is 16.2. The summed E-state index contributed by atoms with van der Waals surface area (Å²) >= 11 is 2.39. The van der Waals surface area contributed by atoms with Crippen LogP contribution in [0.15, 0.2) is 40.2 Å². The molecule has 0 fully saturated rings. The molecule has 152 valence electrons. The van der Waals surface area contributed by atoms with Crippen LogP contribution in [0.1, 0.15) is 31.3 Å². The third-order valence-corrected chi connectivity index (χ3v) is 8.54. The Morgan fingerprint density at radius 1 is 1.24 bits per heavy atom. The Morgan fingerprint density at radius 2 is 1.93 bits per heavy atom. The van der Waals surface area contributed by atoms with Crippen molar-refractivity contribution >= 4 is 59.6 Å². The number of thiophene rings is 1. The minimum Gasteiger partial charge on any atom is -0.504 e. The molecule has 4 rings (SSSR count). The second-order valence-corrected chi connectivity index (χ2v) is 11.5. The van der Waals surface area contributed by atoms with Crippen molar-refractivity contribution in [2.24, 2.45) is 0 Å². The van der Waals surface area contributed by atoms with E-state index in [1.807, 2.05) is 26.2 Å². The number of carbonyl (C=O) groups excluding carboxylic acids is 1. The number of sulfonamides is 1. The SMILES string of the molecule is CN1C(C(=O)Nc2nc(C(C)(C)C)cs2)=C(O)c2sc3ccccc3c2S1(=O)=O. The van der Waals surface area contributed by atoms with Crippen LogP contribution in [0, 0.1) is 0 Å². The van der Waals surface area contributed by atoms with Crippen LogP contribution in [0.2, 0.25) is 0 Å². The fourth-order valence-electron chi connectivity index (χ4n) is 3.03. The largest absolute Gasteiger partial charge is 0.504 e. The Bertz CT molecular complexity index is 1280. The monoisotopic (exact) mass is 449 g/mol. The van der Waals surface area contributed by atoms with Gasteiger partial charge in [0.1, 0.15) is 4.90 Å². The van der Waals surface area contributed by atoms with Gasteiger partial charge in [0.25, 0.3) is 15.9 Å². The van der Waals surface area contributed by atoms with Crippen molar-refractivity contribution in [3.8, 4) is 0 Å². The van der Waals surface area contributed by atoms with E-state index < -0.39 is 15.9 Å². The number of hydrogen-bond acceptors (Lipinski definition) is 7. The molecule has 10 heteroatoms. The zero-order valence-corrected chi connectivity index (χ0v) is 18.6. The second-order valence-electron chi connectivity index (χ2n) is 7.67. The number of nitrogens with one attached hydrogen (secondary N) is 1. The van der Waals surface area contributed by atoms with Crippen molar-refractivity contribution in [3.63, 3.8) is 0 Å². The van der Waals surface area contributed by atoms with E-state index in [-0.39, 0.29) is 26.6 Å². The summed E-state index contributed by atoms with van der Waals surface area (Å²) < 4.78 is 27.8. The molecule has 3 heterocycles. The molecule has 7 nitrogen and oxygen atoms in total. The third-order valence-electron chi connectivity index (χ3n) is 4.63. The zero-order valence-electron chi connectivity index (χ0n) is 16.2. The van der Waals surface area contributed by atoms with Crippen LogP contribution in [0.25, 0.3) is 15.8 Å². The Kier molecular flexibility index (Phi) is 4.48. The highest BCUT2D eigenvalue weighted by molar-refractivity contribution is 7.89. The average Bonchev–Trinajstić information content (AvgIpc) is 3.25. The molecule has 2 aromatic heterocycles. The highest BCUT2D eigenvalue weighted by Crippen LogP contribution is 2.44. The Morgan fingerprint density at radius 3 is 2.59 bits per heavy atom. The topological polar surface area (TPSA) is 99.6 Å². The summed E-state index contributed by atoms with van der Waals surface area (Å²) in [6.07, 6.45) is 0. The van der Waals surface area contributed by atoms with Crippen LogP contribution in [0.3, 0.4) is 0 Å². The maximum Gasteiger partial charge on any atom is 0.278 e. The Labute approximate surface area is 176 Å². The molecule has 1 aliphatic rings. The molecule has 0 atom stereocenters. The fourth-order valence-corrected chi connectivity index (χ4v) is 6.98. The number of aliphatic hydroxyl groups excluding tert-OH is 1. The van der Waals surface area contributed by atoms with Crippen LogP contribution in [0.5, 0.6) is 0 Å². The standard InChI is InChI=1S/C19H19N3O4S3/c1-19(2,3)12-9-27-18(20-12)21-17(24)13-14(23)15-16(29(25,26)22(13)4)10-7-5-6-8-11(10)28-15/h5-9,23H,1-4H3,(H,20,21,24). The number of anilines is 1.